The zero-order valence-electron chi connectivity index (χ0n) is 21.0. The van der Waals surface area contributed by atoms with Crippen LogP contribution >= 0.6 is 24.0 Å². The number of piperazine rings is 1. The molecular weight excluding hydrogens is 478 g/mol. The molecule has 188 valence electrons. The molecule has 9 heteroatoms. The SMILES string of the molecule is CCCCn1c(N2CCN(C)CC2)c(/C=C2\SC(=S)N(C3CCCCC3)C2=O)c(C)c(C#N)c1=O. The van der Waals surface area contributed by atoms with Gasteiger partial charge in [-0.1, -0.05) is 56.6 Å². The zero-order chi connectivity index (χ0) is 25.1. The fourth-order valence-electron chi connectivity index (χ4n) is 5.29. The number of aromatic nitrogens is 1. The summed E-state index contributed by atoms with van der Waals surface area (Å²) in [6.07, 6.45) is 9.14. The average Bonchev–Trinajstić information content (AvgIpc) is 3.14. The summed E-state index contributed by atoms with van der Waals surface area (Å²) in [6, 6.07) is 2.32. The van der Waals surface area contributed by atoms with Gasteiger partial charge in [-0.15, -0.1) is 0 Å². The van der Waals surface area contributed by atoms with Crippen LogP contribution in [0.15, 0.2) is 9.70 Å². The van der Waals surface area contributed by atoms with Crippen molar-refractivity contribution in [2.24, 2.45) is 0 Å². The lowest BCUT2D eigenvalue weighted by Gasteiger charge is -2.36. The first-order chi connectivity index (χ1) is 16.9. The number of anilines is 1. The fraction of sp³-hybridized carbons (Fsp3) is 0.615. The van der Waals surface area contributed by atoms with E-state index in [1.54, 1.807) is 4.57 Å². The van der Waals surface area contributed by atoms with Gasteiger partial charge in [-0.05, 0) is 44.9 Å². The molecule has 0 atom stereocenters. The molecule has 1 aromatic heterocycles. The number of pyridine rings is 1. The minimum atomic E-state index is -0.237. The van der Waals surface area contributed by atoms with E-state index in [4.69, 9.17) is 12.2 Å². The van der Waals surface area contributed by atoms with Gasteiger partial charge in [0.05, 0.1) is 4.91 Å². The molecule has 2 saturated heterocycles. The summed E-state index contributed by atoms with van der Waals surface area (Å²) < 4.78 is 2.39. The molecule has 2 aliphatic heterocycles. The van der Waals surface area contributed by atoms with Crippen LogP contribution in [0.2, 0.25) is 0 Å². The van der Waals surface area contributed by atoms with Gasteiger partial charge >= 0.3 is 0 Å². The van der Waals surface area contributed by atoms with Crippen LogP contribution in [0.25, 0.3) is 6.08 Å². The van der Waals surface area contributed by atoms with E-state index in [-0.39, 0.29) is 23.1 Å². The minimum Gasteiger partial charge on any atom is -0.355 e. The Balaban J connectivity index is 1.83. The molecule has 0 aromatic carbocycles. The van der Waals surface area contributed by atoms with E-state index in [0.29, 0.717) is 21.3 Å². The molecular formula is C26H35N5O2S2. The van der Waals surface area contributed by atoms with E-state index < -0.39 is 0 Å². The van der Waals surface area contributed by atoms with Crippen LogP contribution in [0.4, 0.5) is 5.82 Å². The van der Waals surface area contributed by atoms with Crippen LogP contribution < -0.4 is 10.5 Å². The number of thioether (sulfide) groups is 1. The number of amides is 1. The first-order valence-electron chi connectivity index (χ1n) is 12.7. The normalized spacial score (nSPS) is 21.3. The summed E-state index contributed by atoms with van der Waals surface area (Å²) in [7, 11) is 2.10. The van der Waals surface area contributed by atoms with Gasteiger partial charge in [0.2, 0.25) is 0 Å². The van der Waals surface area contributed by atoms with Crippen LogP contribution in [0.5, 0.6) is 0 Å². The highest BCUT2D eigenvalue weighted by Crippen LogP contribution is 2.39. The second kappa shape index (κ2) is 11.3. The maximum Gasteiger partial charge on any atom is 0.270 e. The molecule has 0 spiro atoms. The molecule has 0 unspecified atom stereocenters. The second-order valence-electron chi connectivity index (χ2n) is 9.79. The van der Waals surface area contributed by atoms with Crippen LogP contribution in [-0.2, 0) is 11.3 Å². The largest absolute Gasteiger partial charge is 0.355 e. The number of nitrogens with zero attached hydrogens (tertiary/aromatic N) is 5. The van der Waals surface area contributed by atoms with Crippen molar-refractivity contribution >= 4 is 46.1 Å². The lowest BCUT2D eigenvalue weighted by atomic mass is 9.94. The molecule has 1 saturated carbocycles. The first-order valence-corrected chi connectivity index (χ1v) is 14.0. The lowest BCUT2D eigenvalue weighted by molar-refractivity contribution is -0.124. The zero-order valence-corrected chi connectivity index (χ0v) is 22.6. The Bertz CT molecular complexity index is 1120. The lowest BCUT2D eigenvalue weighted by Crippen LogP contribution is -2.47. The van der Waals surface area contributed by atoms with Crippen molar-refractivity contribution in [1.82, 2.24) is 14.4 Å². The van der Waals surface area contributed by atoms with E-state index in [2.05, 4.69) is 29.8 Å². The minimum absolute atomic E-state index is 0.0413. The van der Waals surface area contributed by atoms with Crippen molar-refractivity contribution in [3.05, 3.63) is 31.9 Å². The molecule has 3 heterocycles. The number of unbranched alkanes of at least 4 members (excludes halogenated alkanes) is 1. The van der Waals surface area contributed by atoms with Crippen molar-refractivity contribution in [2.75, 3.05) is 38.1 Å². The van der Waals surface area contributed by atoms with Gasteiger partial charge in [0, 0.05) is 44.3 Å². The standard InChI is InChI=1S/C26H35N5O2S2/c1-4-5-11-30-23(29-14-12-28(3)13-15-29)20(18(2)21(17-27)24(30)32)16-22-25(33)31(26(34)35-22)19-9-7-6-8-10-19/h16,19H,4-15H2,1-3H3/b22-16-. The number of nitriles is 1. The highest BCUT2D eigenvalue weighted by Gasteiger charge is 2.38. The molecule has 0 bridgehead atoms. The number of carbonyl (C=O) groups is 1. The fourth-order valence-corrected chi connectivity index (χ4v) is 6.67. The second-order valence-corrected chi connectivity index (χ2v) is 11.5. The number of likely N-dealkylation sites (N-methyl/N-ethyl adjacent to an activating group) is 1. The van der Waals surface area contributed by atoms with Crippen molar-refractivity contribution < 1.29 is 4.79 Å². The van der Waals surface area contributed by atoms with Crippen LogP contribution in [0.3, 0.4) is 0 Å². The summed E-state index contributed by atoms with van der Waals surface area (Å²) in [5, 5.41) is 9.87. The average molecular weight is 514 g/mol. The molecule has 4 rings (SSSR count). The summed E-state index contributed by atoms with van der Waals surface area (Å²) in [6.45, 7) is 7.84. The van der Waals surface area contributed by atoms with Gasteiger partial charge < -0.3 is 9.80 Å². The van der Waals surface area contributed by atoms with Crippen LogP contribution in [0.1, 0.15) is 68.6 Å². The van der Waals surface area contributed by atoms with Crippen molar-refractivity contribution in [3.8, 4) is 6.07 Å². The van der Waals surface area contributed by atoms with E-state index in [0.717, 1.165) is 76.1 Å². The van der Waals surface area contributed by atoms with Gasteiger partial charge in [0.1, 0.15) is 21.8 Å². The number of hydrogen-bond acceptors (Lipinski definition) is 7. The molecule has 3 aliphatic rings. The Kier molecular flexibility index (Phi) is 8.35. The maximum atomic E-state index is 13.5. The molecule has 1 aliphatic carbocycles. The summed E-state index contributed by atoms with van der Waals surface area (Å²) in [5.74, 6) is 0.788. The monoisotopic (exact) mass is 513 g/mol. The molecule has 0 radical (unpaired) electrons. The number of carbonyl (C=O) groups excluding carboxylic acids is 1. The highest BCUT2D eigenvalue weighted by atomic mass is 32.2. The molecule has 35 heavy (non-hydrogen) atoms. The number of hydrogen-bond donors (Lipinski definition) is 0. The third-order valence-corrected chi connectivity index (χ3v) is 8.75. The van der Waals surface area contributed by atoms with Crippen LogP contribution in [0, 0.1) is 18.3 Å². The quantitative estimate of drug-likeness (QED) is 0.419. The Labute approximate surface area is 217 Å². The topological polar surface area (TPSA) is 72.6 Å². The smallest absolute Gasteiger partial charge is 0.270 e. The summed E-state index contributed by atoms with van der Waals surface area (Å²) in [4.78, 5) is 33.9. The van der Waals surface area contributed by atoms with E-state index in [1.807, 2.05) is 17.9 Å². The Morgan fingerprint density at radius 3 is 2.46 bits per heavy atom. The molecule has 1 amide bonds. The van der Waals surface area contributed by atoms with Gasteiger partial charge in [0.25, 0.3) is 11.5 Å². The highest BCUT2D eigenvalue weighted by molar-refractivity contribution is 8.26. The Hall–Kier alpha value is -2.15. The van der Waals surface area contributed by atoms with Crippen molar-refractivity contribution in [1.29, 1.82) is 5.26 Å². The van der Waals surface area contributed by atoms with E-state index in [9.17, 15) is 14.9 Å². The van der Waals surface area contributed by atoms with E-state index >= 15 is 0 Å². The van der Waals surface area contributed by atoms with Crippen molar-refractivity contribution in [3.63, 3.8) is 0 Å². The number of rotatable bonds is 6. The predicted molar refractivity (Wildman–Crippen MR) is 147 cm³/mol. The van der Waals surface area contributed by atoms with E-state index in [1.165, 1.54) is 18.2 Å². The number of thiocarbonyl (C=S) groups is 1. The Morgan fingerprint density at radius 1 is 1.14 bits per heavy atom. The third-order valence-electron chi connectivity index (χ3n) is 7.42. The van der Waals surface area contributed by atoms with Gasteiger partial charge in [-0.3, -0.25) is 19.1 Å². The maximum absolute atomic E-state index is 13.5. The van der Waals surface area contributed by atoms with Gasteiger partial charge in [-0.2, -0.15) is 5.26 Å². The van der Waals surface area contributed by atoms with Gasteiger partial charge in [-0.25, -0.2) is 0 Å². The van der Waals surface area contributed by atoms with Gasteiger partial charge in [0.15, 0.2) is 0 Å². The Morgan fingerprint density at radius 2 is 1.83 bits per heavy atom. The summed E-state index contributed by atoms with van der Waals surface area (Å²) >= 11 is 7.00. The summed E-state index contributed by atoms with van der Waals surface area (Å²) in [5.41, 5.74) is 1.36. The molecule has 1 aromatic rings. The molecule has 3 fully saturated rings. The molecule has 0 N–H and O–H groups in total. The first kappa shape index (κ1) is 25.9. The third kappa shape index (κ3) is 5.20. The van der Waals surface area contributed by atoms with Crippen molar-refractivity contribution in [2.45, 2.75) is 71.4 Å². The van der Waals surface area contributed by atoms with Crippen LogP contribution in [-0.4, -0.2) is 63.9 Å². The molecule has 7 nitrogen and oxygen atoms in total. The predicted octanol–water partition coefficient (Wildman–Crippen LogP) is 4.11.